The van der Waals surface area contributed by atoms with Crippen LogP contribution in [0.5, 0.6) is 0 Å². The molecule has 3 N–H and O–H groups in total. The van der Waals surface area contributed by atoms with Crippen molar-refractivity contribution >= 4 is 0 Å². The molecule has 0 bridgehead atoms. The van der Waals surface area contributed by atoms with E-state index < -0.39 is 16.8 Å². The Labute approximate surface area is 110 Å². The summed E-state index contributed by atoms with van der Waals surface area (Å²) in [6, 6.07) is 0. The molecule has 0 saturated heterocycles. The van der Waals surface area contributed by atoms with Crippen LogP contribution in [0.4, 0.5) is 0 Å². The molecule has 0 amide bonds. The first-order valence-electron chi connectivity index (χ1n) is 7.17. The van der Waals surface area contributed by atoms with Crippen LogP contribution in [0.15, 0.2) is 0 Å². The largest absolute Gasteiger partial charge is 0.390 e. The third-order valence-electron chi connectivity index (χ3n) is 5.81. The molecule has 0 aliphatic heterocycles. The molecule has 0 aromatic rings. The highest BCUT2D eigenvalue weighted by Gasteiger charge is 2.57. The van der Waals surface area contributed by atoms with Crippen molar-refractivity contribution in [1.82, 2.24) is 0 Å². The van der Waals surface area contributed by atoms with E-state index >= 15 is 0 Å². The summed E-state index contributed by atoms with van der Waals surface area (Å²) < 4.78 is 0. The molecule has 4 unspecified atom stereocenters. The third kappa shape index (κ3) is 2.10. The van der Waals surface area contributed by atoms with E-state index in [1.807, 2.05) is 6.92 Å². The maximum atomic E-state index is 10.7. The minimum Gasteiger partial charge on any atom is -0.390 e. The summed E-state index contributed by atoms with van der Waals surface area (Å²) in [4.78, 5) is 0. The molecule has 3 heteroatoms. The van der Waals surface area contributed by atoms with Gasteiger partial charge in [-0.15, -0.1) is 0 Å². The van der Waals surface area contributed by atoms with Crippen LogP contribution in [0, 0.1) is 11.3 Å². The van der Waals surface area contributed by atoms with E-state index in [9.17, 15) is 15.3 Å². The van der Waals surface area contributed by atoms with Gasteiger partial charge in [-0.05, 0) is 64.2 Å². The minimum absolute atomic E-state index is 0.0731. The normalized spacial score (nSPS) is 49.8. The van der Waals surface area contributed by atoms with Gasteiger partial charge in [-0.1, -0.05) is 13.3 Å². The zero-order chi connectivity index (χ0) is 13.8. The summed E-state index contributed by atoms with van der Waals surface area (Å²) in [5.74, 6) is 0.0731. The number of aliphatic hydroxyl groups is 3. The highest BCUT2D eigenvalue weighted by Crippen LogP contribution is 2.57. The highest BCUT2D eigenvalue weighted by molar-refractivity contribution is 5.09. The SMILES string of the molecule is CC1(O)CCCC2(C)CCC(O)(C(C)(C)O)CC12. The summed E-state index contributed by atoms with van der Waals surface area (Å²) in [5, 5.41) is 31.6. The molecule has 3 nitrogen and oxygen atoms in total. The maximum Gasteiger partial charge on any atom is 0.0932 e. The average molecular weight is 256 g/mol. The van der Waals surface area contributed by atoms with Crippen molar-refractivity contribution in [2.45, 2.75) is 83.0 Å². The van der Waals surface area contributed by atoms with Crippen LogP contribution >= 0.6 is 0 Å². The van der Waals surface area contributed by atoms with Crippen LogP contribution < -0.4 is 0 Å². The Balaban J connectivity index is 2.30. The topological polar surface area (TPSA) is 60.7 Å². The summed E-state index contributed by atoms with van der Waals surface area (Å²) in [6.45, 7) is 7.47. The molecule has 106 valence electrons. The molecule has 0 aromatic carbocycles. The van der Waals surface area contributed by atoms with Gasteiger partial charge in [-0.25, -0.2) is 0 Å². The molecule has 2 aliphatic carbocycles. The maximum absolute atomic E-state index is 10.7. The molecule has 18 heavy (non-hydrogen) atoms. The van der Waals surface area contributed by atoms with E-state index in [1.165, 1.54) is 0 Å². The third-order valence-corrected chi connectivity index (χ3v) is 5.81. The quantitative estimate of drug-likeness (QED) is 0.674. The molecular formula is C15H28O3. The second-order valence-electron chi connectivity index (χ2n) is 7.71. The zero-order valence-corrected chi connectivity index (χ0v) is 12.2. The Hall–Kier alpha value is -0.120. The van der Waals surface area contributed by atoms with Gasteiger partial charge in [0.05, 0.1) is 16.8 Å². The lowest BCUT2D eigenvalue weighted by atomic mass is 9.51. The molecule has 4 atom stereocenters. The molecule has 2 aliphatic rings. The van der Waals surface area contributed by atoms with Crippen molar-refractivity contribution < 1.29 is 15.3 Å². The van der Waals surface area contributed by atoms with Gasteiger partial charge in [-0.3, -0.25) is 0 Å². The van der Waals surface area contributed by atoms with Crippen molar-refractivity contribution in [2.24, 2.45) is 11.3 Å². The lowest BCUT2D eigenvalue weighted by molar-refractivity contribution is -0.213. The Morgan fingerprint density at radius 1 is 1.00 bits per heavy atom. The summed E-state index contributed by atoms with van der Waals surface area (Å²) in [6.07, 6.45) is 4.99. The van der Waals surface area contributed by atoms with Gasteiger partial charge in [-0.2, -0.15) is 0 Å². The standard InChI is InChI=1S/C15H28O3/c1-12(2,16)15(18)9-8-13(3)6-5-7-14(4,17)11(13)10-15/h11,16-18H,5-10H2,1-4H3. The summed E-state index contributed by atoms with van der Waals surface area (Å²) >= 11 is 0. The van der Waals surface area contributed by atoms with E-state index in [2.05, 4.69) is 6.92 Å². The van der Waals surface area contributed by atoms with Gasteiger partial charge in [0.1, 0.15) is 0 Å². The van der Waals surface area contributed by atoms with Crippen molar-refractivity contribution in [1.29, 1.82) is 0 Å². The van der Waals surface area contributed by atoms with Gasteiger partial charge in [0.2, 0.25) is 0 Å². The van der Waals surface area contributed by atoms with Crippen LogP contribution in [0.2, 0.25) is 0 Å². The monoisotopic (exact) mass is 256 g/mol. The van der Waals surface area contributed by atoms with E-state index in [0.29, 0.717) is 12.8 Å². The predicted octanol–water partition coefficient (Wildman–Crippen LogP) is 2.23. The average Bonchev–Trinajstić information content (AvgIpc) is 2.19. The molecular weight excluding hydrogens is 228 g/mol. The van der Waals surface area contributed by atoms with E-state index in [0.717, 1.165) is 25.7 Å². The lowest BCUT2D eigenvalue weighted by Crippen LogP contribution is -2.61. The predicted molar refractivity (Wildman–Crippen MR) is 71.2 cm³/mol. The lowest BCUT2D eigenvalue weighted by Gasteiger charge is -2.58. The van der Waals surface area contributed by atoms with Crippen molar-refractivity contribution in [2.75, 3.05) is 0 Å². The Kier molecular flexibility index (Phi) is 3.13. The number of hydrogen-bond donors (Lipinski definition) is 3. The van der Waals surface area contributed by atoms with E-state index in [-0.39, 0.29) is 11.3 Å². The first-order valence-corrected chi connectivity index (χ1v) is 7.17. The molecule has 2 rings (SSSR count). The van der Waals surface area contributed by atoms with Crippen molar-refractivity contribution in [3.63, 3.8) is 0 Å². The number of rotatable bonds is 1. The van der Waals surface area contributed by atoms with Crippen LogP contribution in [0.25, 0.3) is 0 Å². The second-order valence-corrected chi connectivity index (χ2v) is 7.71. The Bertz CT molecular complexity index is 331. The van der Waals surface area contributed by atoms with Crippen molar-refractivity contribution in [3.8, 4) is 0 Å². The van der Waals surface area contributed by atoms with Crippen LogP contribution in [-0.4, -0.2) is 32.1 Å². The molecule has 0 spiro atoms. The fourth-order valence-corrected chi connectivity index (χ4v) is 4.20. The van der Waals surface area contributed by atoms with Crippen LogP contribution in [0.3, 0.4) is 0 Å². The second kappa shape index (κ2) is 3.94. The Morgan fingerprint density at radius 3 is 2.17 bits per heavy atom. The number of hydrogen-bond acceptors (Lipinski definition) is 3. The molecule has 2 saturated carbocycles. The summed E-state index contributed by atoms with van der Waals surface area (Å²) in [7, 11) is 0. The first-order chi connectivity index (χ1) is 8.00. The van der Waals surface area contributed by atoms with Crippen LogP contribution in [-0.2, 0) is 0 Å². The zero-order valence-electron chi connectivity index (χ0n) is 12.2. The van der Waals surface area contributed by atoms with E-state index in [1.54, 1.807) is 13.8 Å². The van der Waals surface area contributed by atoms with Gasteiger partial charge in [0, 0.05) is 0 Å². The van der Waals surface area contributed by atoms with Gasteiger partial charge in [0.25, 0.3) is 0 Å². The van der Waals surface area contributed by atoms with Gasteiger partial charge in [0.15, 0.2) is 0 Å². The van der Waals surface area contributed by atoms with Crippen molar-refractivity contribution in [3.05, 3.63) is 0 Å². The molecule has 2 fully saturated rings. The number of fused-ring (bicyclic) bond motifs is 1. The smallest absolute Gasteiger partial charge is 0.0932 e. The fraction of sp³-hybridized carbons (Fsp3) is 1.00. The first kappa shape index (κ1) is 14.3. The molecule has 0 radical (unpaired) electrons. The highest BCUT2D eigenvalue weighted by atomic mass is 16.4. The minimum atomic E-state index is -1.11. The molecule has 0 heterocycles. The molecule has 0 aromatic heterocycles. The summed E-state index contributed by atoms with van der Waals surface area (Å²) in [5.41, 5.74) is -2.79. The van der Waals surface area contributed by atoms with E-state index in [4.69, 9.17) is 0 Å². The van der Waals surface area contributed by atoms with Gasteiger partial charge >= 0.3 is 0 Å². The van der Waals surface area contributed by atoms with Gasteiger partial charge < -0.3 is 15.3 Å². The Morgan fingerprint density at radius 2 is 1.61 bits per heavy atom. The fourth-order valence-electron chi connectivity index (χ4n) is 4.20. The van der Waals surface area contributed by atoms with Crippen LogP contribution in [0.1, 0.15) is 66.2 Å².